The van der Waals surface area contributed by atoms with Crippen LogP contribution >= 0.6 is 24.8 Å². The normalized spacial score (nSPS) is 20.2. The lowest BCUT2D eigenvalue weighted by molar-refractivity contribution is -0.122. The first-order valence-corrected chi connectivity index (χ1v) is 10.1. The molecule has 6 nitrogen and oxygen atoms in total. The van der Waals surface area contributed by atoms with Crippen LogP contribution in [0.25, 0.3) is 0 Å². The van der Waals surface area contributed by atoms with Crippen LogP contribution in [0.15, 0.2) is 18.2 Å². The maximum Gasteiger partial charge on any atom is 0.220 e. The second-order valence-electron chi connectivity index (χ2n) is 7.84. The predicted octanol–water partition coefficient (Wildman–Crippen LogP) is 3.27. The Labute approximate surface area is 186 Å². The molecule has 2 aliphatic heterocycles. The Kier molecular flexibility index (Phi) is 10.9. The second-order valence-corrected chi connectivity index (χ2v) is 7.84. The van der Waals surface area contributed by atoms with E-state index >= 15 is 0 Å². The van der Waals surface area contributed by atoms with Crippen molar-refractivity contribution in [3.05, 3.63) is 18.2 Å². The maximum atomic E-state index is 12.5. The van der Waals surface area contributed by atoms with Crippen molar-refractivity contribution in [1.29, 1.82) is 0 Å². The Morgan fingerprint density at radius 1 is 1.14 bits per heavy atom. The van der Waals surface area contributed by atoms with Crippen LogP contribution in [0.2, 0.25) is 0 Å². The summed E-state index contributed by atoms with van der Waals surface area (Å²) < 4.78 is 10.7. The molecule has 2 fully saturated rings. The average molecular weight is 448 g/mol. The number of rotatable bonds is 7. The molecule has 166 valence electrons. The van der Waals surface area contributed by atoms with Gasteiger partial charge in [0.05, 0.1) is 14.2 Å². The quantitative estimate of drug-likeness (QED) is 0.671. The Hall–Kier alpha value is -1.37. The van der Waals surface area contributed by atoms with Gasteiger partial charge in [-0.1, -0.05) is 6.92 Å². The van der Waals surface area contributed by atoms with Crippen molar-refractivity contribution in [2.45, 2.75) is 38.6 Å². The van der Waals surface area contributed by atoms with E-state index in [1.165, 1.54) is 12.8 Å². The number of piperidine rings is 1. The molecule has 0 aromatic heterocycles. The van der Waals surface area contributed by atoms with Crippen molar-refractivity contribution in [2.24, 2.45) is 11.8 Å². The Morgan fingerprint density at radius 3 is 2.34 bits per heavy atom. The Bertz CT molecular complexity index is 619. The van der Waals surface area contributed by atoms with E-state index in [4.69, 9.17) is 9.47 Å². The van der Waals surface area contributed by atoms with Crippen LogP contribution in [0.5, 0.6) is 11.5 Å². The number of nitrogens with zero attached hydrogens (tertiary/aromatic N) is 1. The number of nitrogens with one attached hydrogen (secondary N) is 2. The second kappa shape index (κ2) is 12.4. The fourth-order valence-corrected chi connectivity index (χ4v) is 4.25. The SMILES string of the molecule is COc1cc(OC)cc(N2CCC(NC(=O)CC(C)C3CCNCC3)C2)c1.Cl.Cl. The molecule has 0 aliphatic carbocycles. The number of carbonyl (C=O) groups excluding carboxylic acids is 1. The van der Waals surface area contributed by atoms with E-state index in [1.807, 2.05) is 18.2 Å². The largest absolute Gasteiger partial charge is 0.497 e. The molecule has 0 spiro atoms. The van der Waals surface area contributed by atoms with E-state index in [1.54, 1.807) is 14.2 Å². The van der Waals surface area contributed by atoms with Gasteiger partial charge in [0.25, 0.3) is 0 Å². The molecule has 2 atom stereocenters. The number of ether oxygens (including phenoxy) is 2. The van der Waals surface area contributed by atoms with E-state index in [-0.39, 0.29) is 36.8 Å². The van der Waals surface area contributed by atoms with Gasteiger partial charge in [0.1, 0.15) is 11.5 Å². The molecule has 0 saturated carbocycles. The van der Waals surface area contributed by atoms with Gasteiger partial charge in [-0.25, -0.2) is 0 Å². The first kappa shape index (κ1) is 25.7. The van der Waals surface area contributed by atoms with Crippen LogP contribution in [-0.2, 0) is 4.79 Å². The highest BCUT2D eigenvalue weighted by Gasteiger charge is 2.27. The number of methoxy groups -OCH3 is 2. The molecule has 1 aromatic rings. The van der Waals surface area contributed by atoms with Gasteiger partial charge >= 0.3 is 0 Å². The number of hydrogen-bond acceptors (Lipinski definition) is 5. The third-order valence-electron chi connectivity index (χ3n) is 5.95. The van der Waals surface area contributed by atoms with Crippen LogP contribution in [0.3, 0.4) is 0 Å². The van der Waals surface area contributed by atoms with Crippen molar-refractivity contribution in [3.63, 3.8) is 0 Å². The lowest BCUT2D eigenvalue weighted by Gasteiger charge is -2.28. The number of benzene rings is 1. The van der Waals surface area contributed by atoms with Gasteiger partial charge in [0, 0.05) is 49.4 Å². The highest BCUT2D eigenvalue weighted by Crippen LogP contribution is 2.30. The molecular weight excluding hydrogens is 413 g/mol. The number of halogens is 2. The zero-order chi connectivity index (χ0) is 19.2. The van der Waals surface area contributed by atoms with Crippen LogP contribution < -0.4 is 25.0 Å². The zero-order valence-corrected chi connectivity index (χ0v) is 19.2. The van der Waals surface area contributed by atoms with Crippen LogP contribution in [0.4, 0.5) is 5.69 Å². The minimum Gasteiger partial charge on any atom is -0.497 e. The summed E-state index contributed by atoms with van der Waals surface area (Å²) in [7, 11) is 3.32. The number of anilines is 1. The molecule has 3 rings (SSSR count). The van der Waals surface area contributed by atoms with Crippen molar-refractivity contribution >= 4 is 36.4 Å². The van der Waals surface area contributed by atoms with Gasteiger partial charge in [-0.15, -0.1) is 24.8 Å². The first-order valence-electron chi connectivity index (χ1n) is 10.1. The van der Waals surface area contributed by atoms with Crippen molar-refractivity contribution in [3.8, 4) is 11.5 Å². The minimum absolute atomic E-state index is 0. The Balaban J connectivity index is 0.00000210. The van der Waals surface area contributed by atoms with Gasteiger partial charge in [-0.05, 0) is 44.2 Å². The number of hydrogen-bond donors (Lipinski definition) is 2. The molecule has 0 bridgehead atoms. The molecule has 2 N–H and O–H groups in total. The van der Waals surface area contributed by atoms with Gasteiger partial charge in [0.2, 0.25) is 5.91 Å². The van der Waals surface area contributed by atoms with Gasteiger partial charge in [-0.3, -0.25) is 4.79 Å². The molecule has 1 aromatic carbocycles. The fraction of sp³-hybridized carbons (Fsp3) is 0.667. The molecule has 29 heavy (non-hydrogen) atoms. The third kappa shape index (κ3) is 7.12. The predicted molar refractivity (Wildman–Crippen MR) is 122 cm³/mol. The molecular formula is C21H35Cl2N3O3. The lowest BCUT2D eigenvalue weighted by Crippen LogP contribution is -2.39. The highest BCUT2D eigenvalue weighted by molar-refractivity contribution is 5.85. The molecule has 2 unspecified atom stereocenters. The third-order valence-corrected chi connectivity index (χ3v) is 5.95. The molecule has 2 aliphatic rings. The molecule has 0 radical (unpaired) electrons. The molecule has 2 heterocycles. The molecule has 8 heteroatoms. The summed E-state index contributed by atoms with van der Waals surface area (Å²) in [5.41, 5.74) is 1.08. The average Bonchev–Trinajstić information content (AvgIpc) is 3.16. The van der Waals surface area contributed by atoms with Crippen molar-refractivity contribution in [1.82, 2.24) is 10.6 Å². The van der Waals surface area contributed by atoms with Crippen LogP contribution in [-0.4, -0.2) is 52.3 Å². The van der Waals surface area contributed by atoms with Crippen molar-refractivity contribution in [2.75, 3.05) is 45.3 Å². The van der Waals surface area contributed by atoms with E-state index in [0.29, 0.717) is 18.3 Å². The van der Waals surface area contributed by atoms with Gasteiger partial charge in [-0.2, -0.15) is 0 Å². The van der Waals surface area contributed by atoms with Gasteiger partial charge in [0.15, 0.2) is 0 Å². The summed E-state index contributed by atoms with van der Waals surface area (Å²) in [6.07, 6.45) is 3.97. The maximum absolute atomic E-state index is 12.5. The van der Waals surface area contributed by atoms with E-state index < -0.39 is 0 Å². The summed E-state index contributed by atoms with van der Waals surface area (Å²) in [5, 5.41) is 6.64. The Morgan fingerprint density at radius 2 is 1.76 bits per heavy atom. The fourth-order valence-electron chi connectivity index (χ4n) is 4.25. The molecule has 1 amide bonds. The summed E-state index contributed by atoms with van der Waals surface area (Å²) in [5.74, 6) is 2.88. The van der Waals surface area contributed by atoms with Crippen LogP contribution in [0, 0.1) is 11.8 Å². The van der Waals surface area contributed by atoms with E-state index in [2.05, 4.69) is 22.5 Å². The monoisotopic (exact) mass is 447 g/mol. The summed E-state index contributed by atoms with van der Waals surface area (Å²) in [4.78, 5) is 14.8. The molecule has 2 saturated heterocycles. The van der Waals surface area contributed by atoms with E-state index in [9.17, 15) is 4.79 Å². The number of carbonyl (C=O) groups is 1. The minimum atomic E-state index is 0. The van der Waals surface area contributed by atoms with Crippen LogP contribution in [0.1, 0.15) is 32.6 Å². The standard InChI is InChI=1S/C21H33N3O3.2ClH/c1-15(16-4-7-22-8-5-16)10-21(25)23-17-6-9-24(14-17)18-11-19(26-2)13-20(12-18)27-3;;/h11-13,15-17,22H,4-10,14H2,1-3H3,(H,23,25);2*1H. The topological polar surface area (TPSA) is 62.8 Å². The summed E-state index contributed by atoms with van der Waals surface area (Å²) in [6.45, 7) is 6.13. The van der Waals surface area contributed by atoms with E-state index in [0.717, 1.165) is 49.8 Å². The smallest absolute Gasteiger partial charge is 0.220 e. The lowest BCUT2D eigenvalue weighted by atomic mass is 9.84. The number of amides is 1. The highest BCUT2D eigenvalue weighted by atomic mass is 35.5. The summed E-state index contributed by atoms with van der Waals surface area (Å²) >= 11 is 0. The first-order chi connectivity index (χ1) is 13.1. The zero-order valence-electron chi connectivity index (χ0n) is 17.6. The summed E-state index contributed by atoms with van der Waals surface area (Å²) in [6, 6.07) is 6.12. The van der Waals surface area contributed by atoms with Gasteiger partial charge < -0.3 is 25.0 Å². The van der Waals surface area contributed by atoms with Crippen molar-refractivity contribution < 1.29 is 14.3 Å².